The van der Waals surface area contributed by atoms with Crippen LogP contribution in [0.15, 0.2) is 46.6 Å². The van der Waals surface area contributed by atoms with Crippen molar-refractivity contribution < 1.29 is 18.0 Å². The zero-order chi connectivity index (χ0) is 21.9. The Morgan fingerprint density at radius 1 is 1.23 bits per heavy atom. The molecule has 1 aromatic carbocycles. The molecule has 0 fully saturated rings. The molecule has 0 aliphatic carbocycles. The Hall–Kier alpha value is -2.94. The minimum Gasteiger partial charge on any atom is -0.349 e. The standard InChI is InChI=1S/C20H19ClF3N5O/c1-12-4-3-5-13(2)16(12)27-28-17(18(30)20(22,23)24)19-25-8-9-29(19)11-14-6-7-15(21)26-10-14/h3-7,10,27H,8-9,11H2,1-2H3. The summed E-state index contributed by atoms with van der Waals surface area (Å²) in [5.74, 6) is -2.16. The number of carbonyl (C=O) groups is 1. The topological polar surface area (TPSA) is 70.0 Å². The summed E-state index contributed by atoms with van der Waals surface area (Å²) >= 11 is 5.78. The van der Waals surface area contributed by atoms with Crippen LogP contribution in [-0.2, 0) is 11.3 Å². The minimum atomic E-state index is -5.08. The van der Waals surface area contributed by atoms with Gasteiger partial charge in [0.25, 0.3) is 5.78 Å². The molecule has 1 N–H and O–H groups in total. The Kier molecular flexibility index (Phi) is 6.40. The smallest absolute Gasteiger partial charge is 0.349 e. The zero-order valence-corrected chi connectivity index (χ0v) is 17.1. The highest BCUT2D eigenvalue weighted by Crippen LogP contribution is 2.22. The van der Waals surface area contributed by atoms with Gasteiger partial charge in [-0.3, -0.25) is 15.2 Å². The molecule has 0 saturated heterocycles. The van der Waals surface area contributed by atoms with E-state index in [1.165, 1.54) is 6.20 Å². The molecule has 0 radical (unpaired) electrons. The van der Waals surface area contributed by atoms with Crippen LogP contribution in [0.5, 0.6) is 0 Å². The van der Waals surface area contributed by atoms with Crippen molar-refractivity contribution in [2.75, 3.05) is 18.5 Å². The average Bonchev–Trinajstić information content (AvgIpc) is 3.13. The van der Waals surface area contributed by atoms with E-state index in [1.807, 2.05) is 6.07 Å². The predicted octanol–water partition coefficient (Wildman–Crippen LogP) is 4.17. The molecule has 0 saturated carbocycles. The van der Waals surface area contributed by atoms with Crippen LogP contribution < -0.4 is 5.43 Å². The number of aliphatic imine (C=N–C) groups is 1. The summed E-state index contributed by atoms with van der Waals surface area (Å²) in [6.45, 7) is 4.41. The number of Topliss-reactive ketones (excluding diaryl/α,β-unsaturated/α-hetero) is 1. The maximum Gasteiger partial charge on any atom is 0.456 e. The van der Waals surface area contributed by atoms with Gasteiger partial charge in [0.1, 0.15) is 5.15 Å². The van der Waals surface area contributed by atoms with Crippen molar-refractivity contribution in [2.24, 2.45) is 10.1 Å². The second kappa shape index (κ2) is 8.83. The molecule has 0 atom stereocenters. The van der Waals surface area contributed by atoms with Gasteiger partial charge < -0.3 is 4.90 Å². The third kappa shape index (κ3) is 4.96. The van der Waals surface area contributed by atoms with Gasteiger partial charge in [-0.1, -0.05) is 35.9 Å². The molecule has 0 unspecified atom stereocenters. The lowest BCUT2D eigenvalue weighted by atomic mass is 10.1. The number of aromatic nitrogens is 1. The first kappa shape index (κ1) is 21.8. The van der Waals surface area contributed by atoms with Gasteiger partial charge in [0.15, 0.2) is 11.5 Å². The number of halogens is 4. The Labute approximate surface area is 176 Å². The zero-order valence-electron chi connectivity index (χ0n) is 16.3. The Bertz CT molecular complexity index is 982. The first-order chi connectivity index (χ1) is 14.2. The molecule has 3 rings (SSSR count). The Balaban J connectivity index is 1.93. The highest BCUT2D eigenvalue weighted by atomic mass is 35.5. The van der Waals surface area contributed by atoms with Gasteiger partial charge in [-0.25, -0.2) is 4.98 Å². The predicted molar refractivity (Wildman–Crippen MR) is 110 cm³/mol. The maximum absolute atomic E-state index is 13.3. The fourth-order valence-corrected chi connectivity index (χ4v) is 3.13. The van der Waals surface area contributed by atoms with Crippen molar-refractivity contribution in [3.8, 4) is 0 Å². The summed E-state index contributed by atoms with van der Waals surface area (Å²) in [6, 6.07) is 8.71. The van der Waals surface area contributed by atoms with Crippen molar-refractivity contribution in [3.63, 3.8) is 0 Å². The molecule has 1 aromatic heterocycles. The monoisotopic (exact) mass is 437 g/mol. The number of hydrazone groups is 1. The number of ketones is 1. The summed E-state index contributed by atoms with van der Waals surface area (Å²) in [5.41, 5.74) is 4.69. The van der Waals surface area contributed by atoms with Gasteiger partial charge in [-0.2, -0.15) is 18.3 Å². The van der Waals surface area contributed by atoms with Crippen LogP contribution in [0, 0.1) is 13.8 Å². The third-order valence-electron chi connectivity index (χ3n) is 4.54. The fourth-order valence-electron chi connectivity index (χ4n) is 3.02. The van der Waals surface area contributed by atoms with Gasteiger partial charge in [0.2, 0.25) is 0 Å². The molecule has 2 heterocycles. The number of pyridine rings is 1. The molecular formula is C20H19ClF3N5O. The SMILES string of the molecule is Cc1cccc(C)c1NN=C(C(=O)C(F)(F)F)C1=NCCN1Cc1ccc(Cl)nc1. The van der Waals surface area contributed by atoms with E-state index in [1.54, 1.807) is 43.0 Å². The highest BCUT2D eigenvalue weighted by molar-refractivity contribution is 6.68. The van der Waals surface area contributed by atoms with Crippen LogP contribution in [0.25, 0.3) is 0 Å². The second-order valence-corrected chi connectivity index (χ2v) is 7.17. The number of anilines is 1. The van der Waals surface area contributed by atoms with Crippen LogP contribution in [-0.4, -0.2) is 46.5 Å². The van der Waals surface area contributed by atoms with Crippen LogP contribution >= 0.6 is 11.6 Å². The first-order valence-electron chi connectivity index (χ1n) is 9.08. The van der Waals surface area contributed by atoms with Crippen molar-refractivity contribution in [2.45, 2.75) is 26.6 Å². The molecule has 0 amide bonds. The number of alkyl halides is 3. The lowest BCUT2D eigenvalue weighted by Gasteiger charge is -2.21. The normalized spacial score (nSPS) is 14.7. The second-order valence-electron chi connectivity index (χ2n) is 6.78. The van der Waals surface area contributed by atoms with Gasteiger partial charge in [0.05, 0.1) is 12.2 Å². The van der Waals surface area contributed by atoms with E-state index in [-0.39, 0.29) is 18.9 Å². The van der Waals surface area contributed by atoms with Crippen molar-refractivity contribution >= 4 is 34.6 Å². The number of nitrogens with one attached hydrogen (secondary N) is 1. The molecule has 10 heteroatoms. The van der Waals surface area contributed by atoms with Gasteiger partial charge in [-0.05, 0) is 36.6 Å². The Morgan fingerprint density at radius 2 is 1.93 bits per heavy atom. The minimum absolute atomic E-state index is 0.106. The number of benzene rings is 1. The van der Waals surface area contributed by atoms with E-state index in [9.17, 15) is 18.0 Å². The van der Waals surface area contributed by atoms with E-state index >= 15 is 0 Å². The van der Waals surface area contributed by atoms with Crippen molar-refractivity contribution in [3.05, 3.63) is 58.4 Å². The Morgan fingerprint density at radius 3 is 2.53 bits per heavy atom. The molecule has 158 valence electrons. The van der Waals surface area contributed by atoms with Gasteiger partial charge >= 0.3 is 6.18 Å². The first-order valence-corrected chi connectivity index (χ1v) is 9.46. The maximum atomic E-state index is 13.3. The highest BCUT2D eigenvalue weighted by Gasteiger charge is 2.45. The molecule has 1 aliphatic rings. The van der Waals surface area contributed by atoms with E-state index in [0.29, 0.717) is 17.4 Å². The third-order valence-corrected chi connectivity index (χ3v) is 4.76. The lowest BCUT2D eigenvalue weighted by molar-refractivity contribution is -0.162. The van der Waals surface area contributed by atoms with E-state index < -0.39 is 17.7 Å². The van der Waals surface area contributed by atoms with Gasteiger partial charge in [0, 0.05) is 19.3 Å². The molecule has 30 heavy (non-hydrogen) atoms. The lowest BCUT2D eigenvalue weighted by Crippen LogP contribution is -2.42. The summed E-state index contributed by atoms with van der Waals surface area (Å²) in [6.07, 6.45) is -3.56. The summed E-state index contributed by atoms with van der Waals surface area (Å²) in [7, 11) is 0. The summed E-state index contributed by atoms with van der Waals surface area (Å²) < 4.78 is 39.8. The van der Waals surface area contributed by atoms with Crippen LogP contribution in [0.1, 0.15) is 16.7 Å². The van der Waals surface area contributed by atoms with Crippen molar-refractivity contribution in [1.29, 1.82) is 0 Å². The number of hydrogen-bond acceptors (Lipinski definition) is 6. The van der Waals surface area contributed by atoms with E-state index in [0.717, 1.165) is 16.7 Å². The molecule has 0 bridgehead atoms. The largest absolute Gasteiger partial charge is 0.456 e. The quantitative estimate of drug-likeness (QED) is 0.418. The van der Waals surface area contributed by atoms with Crippen molar-refractivity contribution in [1.82, 2.24) is 9.88 Å². The van der Waals surface area contributed by atoms with Crippen LogP contribution in [0.3, 0.4) is 0 Å². The number of nitrogens with zero attached hydrogens (tertiary/aromatic N) is 4. The van der Waals surface area contributed by atoms with E-state index in [2.05, 4.69) is 20.5 Å². The number of carbonyl (C=O) groups excluding carboxylic acids is 1. The fraction of sp³-hybridized carbons (Fsp3) is 0.300. The number of amidine groups is 1. The molecule has 2 aromatic rings. The van der Waals surface area contributed by atoms with E-state index in [4.69, 9.17) is 11.6 Å². The number of para-hydroxylation sites is 1. The molecule has 6 nitrogen and oxygen atoms in total. The number of rotatable bonds is 6. The summed E-state index contributed by atoms with van der Waals surface area (Å²) in [4.78, 5) is 21.8. The van der Waals surface area contributed by atoms with Gasteiger partial charge in [-0.15, -0.1) is 0 Å². The average molecular weight is 438 g/mol. The number of aryl methyl sites for hydroxylation is 2. The number of hydrogen-bond donors (Lipinski definition) is 1. The van der Waals surface area contributed by atoms with Crippen LogP contribution in [0.4, 0.5) is 18.9 Å². The molecular weight excluding hydrogens is 419 g/mol. The van der Waals surface area contributed by atoms with Crippen LogP contribution in [0.2, 0.25) is 5.15 Å². The molecule has 0 spiro atoms. The summed E-state index contributed by atoms with van der Waals surface area (Å²) in [5, 5.41) is 4.16. The molecule has 1 aliphatic heterocycles.